The third-order valence-corrected chi connectivity index (χ3v) is 4.78. The Labute approximate surface area is 161 Å². The highest BCUT2D eigenvalue weighted by atomic mass is 32.1. The number of aromatic hydroxyl groups is 1. The molecule has 1 heterocycles. The minimum absolute atomic E-state index is 0.0806. The SMILES string of the molecule is CCOC(=O)c1c(-c2ccccc2)csc1N=Cc1cc(OC)ccc1O. The summed E-state index contributed by atoms with van der Waals surface area (Å²) in [5, 5.41) is 12.4. The van der Waals surface area contributed by atoms with Crippen LogP contribution in [0.25, 0.3) is 11.1 Å². The van der Waals surface area contributed by atoms with Crippen LogP contribution in [0.5, 0.6) is 11.5 Å². The second-order valence-electron chi connectivity index (χ2n) is 5.60. The summed E-state index contributed by atoms with van der Waals surface area (Å²) < 4.78 is 10.4. The van der Waals surface area contributed by atoms with E-state index in [1.54, 1.807) is 26.2 Å². The Morgan fingerprint density at radius 1 is 1.22 bits per heavy atom. The summed E-state index contributed by atoms with van der Waals surface area (Å²) in [6.45, 7) is 2.05. The number of hydrogen-bond acceptors (Lipinski definition) is 6. The van der Waals surface area contributed by atoms with E-state index in [0.717, 1.165) is 11.1 Å². The molecular weight excluding hydrogens is 362 g/mol. The number of rotatable bonds is 6. The van der Waals surface area contributed by atoms with E-state index in [0.29, 0.717) is 21.9 Å². The summed E-state index contributed by atoms with van der Waals surface area (Å²) in [6, 6.07) is 14.5. The van der Waals surface area contributed by atoms with Gasteiger partial charge in [0.05, 0.1) is 13.7 Å². The average Bonchev–Trinajstić information content (AvgIpc) is 3.12. The van der Waals surface area contributed by atoms with Gasteiger partial charge in [-0.05, 0) is 30.7 Å². The number of esters is 1. The van der Waals surface area contributed by atoms with Crippen molar-refractivity contribution in [1.82, 2.24) is 0 Å². The lowest BCUT2D eigenvalue weighted by molar-refractivity contribution is 0.0529. The van der Waals surface area contributed by atoms with Gasteiger partial charge in [-0.3, -0.25) is 0 Å². The van der Waals surface area contributed by atoms with Crippen molar-refractivity contribution in [3.05, 3.63) is 65.0 Å². The summed E-state index contributed by atoms with van der Waals surface area (Å²) in [5.41, 5.74) is 2.62. The number of methoxy groups -OCH3 is 1. The molecule has 0 aliphatic rings. The summed E-state index contributed by atoms with van der Waals surface area (Å²) in [4.78, 5) is 17.0. The number of nitrogens with zero attached hydrogens (tertiary/aromatic N) is 1. The number of hydrogen-bond donors (Lipinski definition) is 1. The Bertz CT molecular complexity index is 964. The lowest BCUT2D eigenvalue weighted by Gasteiger charge is -2.06. The highest BCUT2D eigenvalue weighted by molar-refractivity contribution is 7.14. The number of ether oxygens (including phenoxy) is 2. The van der Waals surface area contributed by atoms with Crippen LogP contribution in [0.1, 0.15) is 22.8 Å². The Balaban J connectivity index is 2.03. The molecule has 3 aromatic rings. The number of phenolic OH excluding ortho intramolecular Hbond substituents is 1. The molecule has 6 heteroatoms. The van der Waals surface area contributed by atoms with Crippen molar-refractivity contribution >= 4 is 28.5 Å². The first-order valence-corrected chi connectivity index (χ1v) is 9.27. The van der Waals surface area contributed by atoms with Crippen LogP contribution in [0.2, 0.25) is 0 Å². The summed E-state index contributed by atoms with van der Waals surface area (Å²) in [5.74, 6) is 0.271. The number of carbonyl (C=O) groups is 1. The summed E-state index contributed by atoms with van der Waals surface area (Å²) >= 11 is 1.35. The van der Waals surface area contributed by atoms with Crippen LogP contribution in [0.15, 0.2) is 58.9 Å². The Morgan fingerprint density at radius 2 is 2.00 bits per heavy atom. The molecule has 0 bridgehead atoms. The van der Waals surface area contributed by atoms with Gasteiger partial charge in [-0.2, -0.15) is 0 Å². The smallest absolute Gasteiger partial charge is 0.341 e. The molecule has 0 saturated carbocycles. The van der Waals surface area contributed by atoms with Crippen LogP contribution in [0, 0.1) is 0 Å². The summed E-state index contributed by atoms with van der Waals surface area (Å²) in [7, 11) is 1.55. The first-order chi connectivity index (χ1) is 13.1. The monoisotopic (exact) mass is 381 g/mol. The second kappa shape index (κ2) is 8.51. The van der Waals surface area contributed by atoms with Crippen molar-refractivity contribution < 1.29 is 19.4 Å². The van der Waals surface area contributed by atoms with Crippen molar-refractivity contribution in [1.29, 1.82) is 0 Å². The minimum Gasteiger partial charge on any atom is -0.507 e. The lowest BCUT2D eigenvalue weighted by atomic mass is 10.0. The van der Waals surface area contributed by atoms with Crippen molar-refractivity contribution in [3.8, 4) is 22.6 Å². The highest BCUT2D eigenvalue weighted by Gasteiger charge is 2.21. The van der Waals surface area contributed by atoms with Gasteiger partial charge in [0.15, 0.2) is 0 Å². The summed E-state index contributed by atoms with van der Waals surface area (Å²) in [6.07, 6.45) is 1.52. The van der Waals surface area contributed by atoms with E-state index in [2.05, 4.69) is 4.99 Å². The highest BCUT2D eigenvalue weighted by Crippen LogP contribution is 2.38. The first-order valence-electron chi connectivity index (χ1n) is 8.39. The van der Waals surface area contributed by atoms with E-state index in [9.17, 15) is 9.90 Å². The number of aliphatic imine (C=N–C) groups is 1. The van der Waals surface area contributed by atoms with Gasteiger partial charge in [-0.15, -0.1) is 11.3 Å². The molecule has 1 N–H and O–H groups in total. The van der Waals surface area contributed by atoms with Crippen LogP contribution < -0.4 is 4.74 Å². The molecule has 0 amide bonds. The zero-order valence-corrected chi connectivity index (χ0v) is 15.8. The predicted molar refractivity (Wildman–Crippen MR) is 108 cm³/mol. The maximum Gasteiger partial charge on any atom is 0.341 e. The van der Waals surface area contributed by atoms with Crippen molar-refractivity contribution in [2.24, 2.45) is 4.99 Å². The quantitative estimate of drug-likeness (QED) is 0.479. The van der Waals surface area contributed by atoms with Crippen molar-refractivity contribution in [2.45, 2.75) is 6.92 Å². The first kappa shape index (κ1) is 18.7. The molecule has 0 radical (unpaired) electrons. The van der Waals surface area contributed by atoms with Gasteiger partial charge in [-0.1, -0.05) is 30.3 Å². The fourth-order valence-corrected chi connectivity index (χ4v) is 3.47. The van der Waals surface area contributed by atoms with Crippen LogP contribution in [0.3, 0.4) is 0 Å². The molecular formula is C21H19NO4S. The van der Waals surface area contributed by atoms with E-state index in [4.69, 9.17) is 9.47 Å². The standard InChI is InChI=1S/C21H19NO4S/c1-3-26-21(24)19-17(14-7-5-4-6-8-14)13-27-20(19)22-12-15-11-16(25-2)9-10-18(15)23/h4-13,23H,3H2,1-2H3. The topological polar surface area (TPSA) is 68.1 Å². The third-order valence-electron chi connectivity index (χ3n) is 3.89. The fourth-order valence-electron chi connectivity index (χ4n) is 2.56. The largest absolute Gasteiger partial charge is 0.507 e. The van der Waals surface area contributed by atoms with Gasteiger partial charge >= 0.3 is 5.97 Å². The molecule has 5 nitrogen and oxygen atoms in total. The van der Waals surface area contributed by atoms with E-state index >= 15 is 0 Å². The molecule has 0 aliphatic heterocycles. The number of benzene rings is 2. The molecule has 27 heavy (non-hydrogen) atoms. The van der Waals surface area contributed by atoms with Gasteiger partial charge < -0.3 is 14.6 Å². The number of thiophene rings is 1. The fraction of sp³-hybridized carbons (Fsp3) is 0.143. The Kier molecular flexibility index (Phi) is 5.88. The Hall–Kier alpha value is -3.12. The lowest BCUT2D eigenvalue weighted by Crippen LogP contribution is -2.05. The zero-order chi connectivity index (χ0) is 19.2. The van der Waals surface area contributed by atoms with Crippen LogP contribution in [-0.4, -0.2) is 31.0 Å². The average molecular weight is 381 g/mol. The van der Waals surface area contributed by atoms with Gasteiger partial charge in [0.2, 0.25) is 0 Å². The predicted octanol–water partition coefficient (Wildman–Crippen LogP) is 5.06. The van der Waals surface area contributed by atoms with E-state index in [1.165, 1.54) is 23.6 Å². The van der Waals surface area contributed by atoms with Gasteiger partial charge in [0, 0.05) is 22.7 Å². The molecule has 0 aliphatic carbocycles. The molecule has 0 saturated heterocycles. The van der Waals surface area contributed by atoms with Crippen molar-refractivity contribution in [2.75, 3.05) is 13.7 Å². The molecule has 0 spiro atoms. The second-order valence-corrected chi connectivity index (χ2v) is 6.46. The van der Waals surface area contributed by atoms with Crippen LogP contribution >= 0.6 is 11.3 Å². The minimum atomic E-state index is -0.417. The third kappa shape index (κ3) is 4.17. The number of carbonyl (C=O) groups excluding carboxylic acids is 1. The van der Waals surface area contributed by atoms with E-state index in [1.807, 2.05) is 35.7 Å². The van der Waals surface area contributed by atoms with Crippen LogP contribution in [0.4, 0.5) is 5.00 Å². The maximum absolute atomic E-state index is 12.5. The molecule has 0 fully saturated rings. The van der Waals surface area contributed by atoms with Crippen LogP contribution in [-0.2, 0) is 4.74 Å². The van der Waals surface area contributed by atoms with Gasteiger partial charge in [0.25, 0.3) is 0 Å². The van der Waals surface area contributed by atoms with E-state index < -0.39 is 5.97 Å². The maximum atomic E-state index is 12.5. The van der Waals surface area contributed by atoms with Crippen molar-refractivity contribution in [3.63, 3.8) is 0 Å². The molecule has 0 atom stereocenters. The molecule has 138 valence electrons. The number of phenols is 1. The molecule has 2 aromatic carbocycles. The zero-order valence-electron chi connectivity index (χ0n) is 15.0. The normalized spacial score (nSPS) is 10.9. The van der Waals surface area contributed by atoms with E-state index in [-0.39, 0.29) is 12.4 Å². The van der Waals surface area contributed by atoms with Gasteiger partial charge in [-0.25, -0.2) is 9.79 Å². The molecule has 1 aromatic heterocycles. The van der Waals surface area contributed by atoms with Gasteiger partial charge in [0.1, 0.15) is 22.1 Å². The molecule has 0 unspecified atom stereocenters. The Morgan fingerprint density at radius 3 is 2.70 bits per heavy atom. The molecule has 3 rings (SSSR count).